The Morgan fingerprint density at radius 3 is 1.77 bits per heavy atom. The molecule has 0 spiro atoms. The van der Waals surface area contributed by atoms with E-state index in [1.807, 2.05) is 24.5 Å². The summed E-state index contributed by atoms with van der Waals surface area (Å²) in [5.41, 5.74) is 1.86. The van der Waals surface area contributed by atoms with E-state index in [1.54, 1.807) is 0 Å². The van der Waals surface area contributed by atoms with E-state index >= 15 is 0 Å². The van der Waals surface area contributed by atoms with Crippen LogP contribution in [0.4, 0.5) is 0 Å². The van der Waals surface area contributed by atoms with Crippen molar-refractivity contribution in [2.45, 2.75) is 19.3 Å². The van der Waals surface area contributed by atoms with Crippen LogP contribution in [-0.2, 0) is 5.41 Å². The lowest BCUT2D eigenvalue weighted by Crippen LogP contribution is -2.20. The van der Waals surface area contributed by atoms with Crippen LogP contribution >= 0.6 is 0 Å². The minimum Gasteiger partial charge on any atom is -0.285 e. The topological polar surface area (TPSA) is 57.4 Å². The number of rotatable bonds is 2. The zero-order chi connectivity index (χ0) is 9.31. The predicted molar refractivity (Wildman–Crippen MR) is 49.3 cm³/mol. The highest BCUT2D eigenvalue weighted by Crippen LogP contribution is 2.27. The maximum atomic E-state index is 4.16. The van der Waals surface area contributed by atoms with E-state index in [1.165, 1.54) is 0 Å². The van der Waals surface area contributed by atoms with Gasteiger partial charge in [-0.2, -0.15) is 10.2 Å². The molecule has 0 atom stereocenters. The first kappa shape index (κ1) is 8.04. The van der Waals surface area contributed by atoms with Crippen molar-refractivity contribution in [1.29, 1.82) is 0 Å². The SMILES string of the molecule is CC(C)(c1cc[nH]n1)c1cc[nH]n1. The number of nitrogens with zero attached hydrogens (tertiary/aromatic N) is 2. The first-order valence-electron chi connectivity index (χ1n) is 4.22. The normalized spacial score (nSPS) is 11.8. The smallest absolute Gasteiger partial charge is 0.0738 e. The van der Waals surface area contributed by atoms with Gasteiger partial charge in [-0.15, -0.1) is 0 Å². The average molecular weight is 176 g/mol. The summed E-state index contributed by atoms with van der Waals surface area (Å²) in [5.74, 6) is 0. The summed E-state index contributed by atoms with van der Waals surface area (Å²) >= 11 is 0. The molecule has 13 heavy (non-hydrogen) atoms. The van der Waals surface area contributed by atoms with E-state index in [0.717, 1.165) is 11.4 Å². The second-order valence-corrected chi connectivity index (χ2v) is 3.54. The van der Waals surface area contributed by atoms with Crippen LogP contribution < -0.4 is 0 Å². The van der Waals surface area contributed by atoms with E-state index in [-0.39, 0.29) is 5.41 Å². The van der Waals surface area contributed by atoms with Gasteiger partial charge < -0.3 is 0 Å². The van der Waals surface area contributed by atoms with Crippen LogP contribution in [0.2, 0.25) is 0 Å². The zero-order valence-corrected chi connectivity index (χ0v) is 7.70. The largest absolute Gasteiger partial charge is 0.285 e. The monoisotopic (exact) mass is 176 g/mol. The summed E-state index contributed by atoms with van der Waals surface area (Å²) in [6.07, 6.45) is 3.65. The van der Waals surface area contributed by atoms with Gasteiger partial charge in [0.05, 0.1) is 16.8 Å². The molecule has 0 aromatic carbocycles. The van der Waals surface area contributed by atoms with Gasteiger partial charge in [-0.05, 0) is 26.0 Å². The van der Waals surface area contributed by atoms with Crippen LogP contribution in [0.5, 0.6) is 0 Å². The van der Waals surface area contributed by atoms with Crippen LogP contribution in [0, 0.1) is 0 Å². The highest BCUT2D eigenvalue weighted by atomic mass is 15.1. The molecule has 4 nitrogen and oxygen atoms in total. The average Bonchev–Trinajstić information content (AvgIpc) is 2.78. The van der Waals surface area contributed by atoms with Crippen LogP contribution in [0.25, 0.3) is 0 Å². The lowest BCUT2D eigenvalue weighted by molar-refractivity contribution is 0.590. The molecule has 0 saturated heterocycles. The molecular weight excluding hydrogens is 164 g/mol. The second kappa shape index (κ2) is 2.73. The number of hydrogen-bond donors (Lipinski definition) is 2. The lowest BCUT2D eigenvalue weighted by Gasteiger charge is -2.18. The van der Waals surface area contributed by atoms with E-state index in [4.69, 9.17) is 0 Å². The van der Waals surface area contributed by atoms with Crippen molar-refractivity contribution in [1.82, 2.24) is 20.4 Å². The Balaban J connectivity index is 2.42. The van der Waals surface area contributed by atoms with Gasteiger partial charge in [-0.3, -0.25) is 10.2 Å². The Morgan fingerprint density at radius 1 is 1.00 bits per heavy atom. The predicted octanol–water partition coefficient (Wildman–Crippen LogP) is 1.46. The number of hydrogen-bond acceptors (Lipinski definition) is 2. The minimum absolute atomic E-state index is 0.139. The summed E-state index contributed by atoms with van der Waals surface area (Å²) in [6.45, 7) is 4.19. The fourth-order valence-corrected chi connectivity index (χ4v) is 1.35. The molecule has 0 unspecified atom stereocenters. The molecule has 68 valence electrons. The van der Waals surface area contributed by atoms with Crippen LogP contribution in [-0.4, -0.2) is 20.4 Å². The van der Waals surface area contributed by atoms with E-state index in [2.05, 4.69) is 34.2 Å². The molecular formula is C9H12N4. The van der Waals surface area contributed by atoms with Gasteiger partial charge >= 0.3 is 0 Å². The summed E-state index contributed by atoms with van der Waals surface area (Å²) in [5, 5.41) is 13.9. The quantitative estimate of drug-likeness (QED) is 0.727. The van der Waals surface area contributed by atoms with Gasteiger partial charge in [0, 0.05) is 12.4 Å². The van der Waals surface area contributed by atoms with E-state index < -0.39 is 0 Å². The minimum atomic E-state index is -0.139. The molecule has 2 rings (SSSR count). The standard InChI is InChI=1S/C9H12N4/c1-9(2,7-3-5-10-12-7)8-4-6-11-13-8/h3-6H,1-2H3,(H,10,12)(H,11,13). The molecule has 0 aliphatic heterocycles. The van der Waals surface area contributed by atoms with Crippen molar-refractivity contribution in [3.8, 4) is 0 Å². The highest BCUT2D eigenvalue weighted by molar-refractivity contribution is 5.26. The van der Waals surface area contributed by atoms with Crippen LogP contribution in [0.1, 0.15) is 25.2 Å². The van der Waals surface area contributed by atoms with Gasteiger partial charge in [0.1, 0.15) is 0 Å². The molecule has 0 amide bonds. The zero-order valence-electron chi connectivity index (χ0n) is 7.70. The van der Waals surface area contributed by atoms with Crippen molar-refractivity contribution < 1.29 is 0 Å². The van der Waals surface area contributed by atoms with Crippen molar-refractivity contribution >= 4 is 0 Å². The third-order valence-electron chi connectivity index (χ3n) is 2.28. The Morgan fingerprint density at radius 2 is 1.46 bits per heavy atom. The molecule has 0 aliphatic rings. The Hall–Kier alpha value is -1.58. The maximum Gasteiger partial charge on any atom is 0.0738 e. The first-order valence-corrected chi connectivity index (χ1v) is 4.22. The Labute approximate surface area is 76.4 Å². The summed E-state index contributed by atoms with van der Waals surface area (Å²) in [6, 6.07) is 3.93. The van der Waals surface area contributed by atoms with Crippen molar-refractivity contribution in [3.63, 3.8) is 0 Å². The van der Waals surface area contributed by atoms with E-state index in [9.17, 15) is 0 Å². The van der Waals surface area contributed by atoms with Crippen molar-refractivity contribution in [2.75, 3.05) is 0 Å². The highest BCUT2D eigenvalue weighted by Gasteiger charge is 2.26. The van der Waals surface area contributed by atoms with Gasteiger partial charge in [0.15, 0.2) is 0 Å². The van der Waals surface area contributed by atoms with Crippen molar-refractivity contribution in [3.05, 3.63) is 35.9 Å². The molecule has 2 N–H and O–H groups in total. The maximum absolute atomic E-state index is 4.16. The lowest BCUT2D eigenvalue weighted by atomic mass is 9.86. The third kappa shape index (κ3) is 1.24. The molecule has 2 aromatic heterocycles. The van der Waals surface area contributed by atoms with Crippen LogP contribution in [0.15, 0.2) is 24.5 Å². The van der Waals surface area contributed by atoms with Gasteiger partial charge in [0.25, 0.3) is 0 Å². The van der Waals surface area contributed by atoms with Gasteiger partial charge in [-0.1, -0.05) is 0 Å². The van der Waals surface area contributed by atoms with Gasteiger partial charge in [-0.25, -0.2) is 0 Å². The molecule has 4 heteroatoms. The third-order valence-corrected chi connectivity index (χ3v) is 2.28. The molecule has 0 fully saturated rings. The van der Waals surface area contributed by atoms with Gasteiger partial charge in [0.2, 0.25) is 0 Å². The summed E-state index contributed by atoms with van der Waals surface area (Å²) in [4.78, 5) is 0. The molecule has 0 radical (unpaired) electrons. The Kier molecular flexibility index (Phi) is 1.69. The fraction of sp³-hybridized carbons (Fsp3) is 0.333. The number of aromatic amines is 2. The van der Waals surface area contributed by atoms with E-state index in [0.29, 0.717) is 0 Å². The molecule has 2 aromatic rings. The molecule has 0 bridgehead atoms. The summed E-state index contributed by atoms with van der Waals surface area (Å²) < 4.78 is 0. The van der Waals surface area contributed by atoms with Crippen molar-refractivity contribution in [2.24, 2.45) is 0 Å². The molecule has 0 aliphatic carbocycles. The number of aromatic nitrogens is 4. The Bertz CT molecular complexity index is 322. The molecule has 0 saturated carbocycles. The number of nitrogens with one attached hydrogen (secondary N) is 2. The fourth-order valence-electron chi connectivity index (χ4n) is 1.35. The summed E-state index contributed by atoms with van der Waals surface area (Å²) in [7, 11) is 0. The van der Waals surface area contributed by atoms with Crippen LogP contribution in [0.3, 0.4) is 0 Å². The first-order chi connectivity index (χ1) is 6.21. The molecule has 2 heterocycles. The second-order valence-electron chi connectivity index (χ2n) is 3.54. The number of H-pyrrole nitrogens is 2.